The van der Waals surface area contributed by atoms with E-state index in [2.05, 4.69) is 125 Å². The van der Waals surface area contributed by atoms with Crippen molar-refractivity contribution in [2.75, 3.05) is 0 Å². The van der Waals surface area contributed by atoms with E-state index in [9.17, 15) is 0 Å². The van der Waals surface area contributed by atoms with Crippen molar-refractivity contribution < 1.29 is 0 Å². The van der Waals surface area contributed by atoms with Crippen LogP contribution < -0.4 is 0 Å². The van der Waals surface area contributed by atoms with Gasteiger partial charge in [-0.05, 0) is 110 Å². The highest BCUT2D eigenvalue weighted by Crippen LogP contribution is 2.74. The van der Waals surface area contributed by atoms with Crippen molar-refractivity contribution >= 4 is 0 Å². The smallest absolute Gasteiger partial charge is 0.00215 e. The fraction of sp³-hybridized carbons (Fsp3) is 0.368. The zero-order chi connectivity index (χ0) is 26.2. The van der Waals surface area contributed by atoms with E-state index in [0.717, 1.165) is 0 Å². The molecule has 0 aliphatic heterocycles. The topological polar surface area (TPSA) is 0 Å². The Morgan fingerprint density at radius 3 is 0.605 bits per heavy atom. The Kier molecular flexibility index (Phi) is 5.16. The maximum absolute atomic E-state index is 2.47. The van der Waals surface area contributed by atoms with Gasteiger partial charge in [0.2, 0.25) is 0 Å². The molecule has 4 aromatic carbocycles. The summed E-state index contributed by atoms with van der Waals surface area (Å²) in [6.07, 6.45) is 7.54. The molecule has 4 aliphatic carbocycles. The average molecular weight is 497 g/mol. The van der Waals surface area contributed by atoms with Crippen LogP contribution in [0.1, 0.15) is 83.0 Å². The first-order valence-electron chi connectivity index (χ1n) is 14.5. The van der Waals surface area contributed by atoms with Crippen LogP contribution in [0, 0.1) is 27.7 Å². The summed E-state index contributed by atoms with van der Waals surface area (Å²) in [7, 11) is 0. The number of rotatable bonds is 4. The maximum atomic E-state index is 2.47. The molecule has 8 rings (SSSR count). The molecule has 0 radical (unpaired) electrons. The Balaban J connectivity index is 1.51. The molecule has 0 unspecified atom stereocenters. The van der Waals surface area contributed by atoms with Gasteiger partial charge in [0.15, 0.2) is 0 Å². The van der Waals surface area contributed by atoms with Crippen molar-refractivity contribution in [2.45, 2.75) is 87.9 Å². The third kappa shape index (κ3) is 3.56. The quantitative estimate of drug-likeness (QED) is 0.264. The van der Waals surface area contributed by atoms with Gasteiger partial charge in [-0.15, -0.1) is 0 Å². The highest BCUT2D eigenvalue weighted by atomic mass is 14.7. The SMILES string of the molecule is Cc1ccc(C23CC4(c5ccc(C)cc5)CC(c5ccc(C)cc5)(C2)CC(c2ccc(C)cc2)(C3)C4)cc1. The number of hydrogen-bond acceptors (Lipinski definition) is 0. The molecule has 0 heterocycles. The Morgan fingerprint density at radius 2 is 0.447 bits per heavy atom. The van der Waals surface area contributed by atoms with Crippen LogP contribution in [0.3, 0.4) is 0 Å². The zero-order valence-electron chi connectivity index (χ0n) is 23.5. The second-order valence-corrected chi connectivity index (χ2v) is 13.6. The molecule has 4 aromatic rings. The van der Waals surface area contributed by atoms with Crippen LogP contribution in [0.2, 0.25) is 0 Å². The van der Waals surface area contributed by atoms with Crippen molar-refractivity contribution in [2.24, 2.45) is 0 Å². The molecule has 0 N–H and O–H groups in total. The summed E-state index contributed by atoms with van der Waals surface area (Å²) in [5.74, 6) is 0. The van der Waals surface area contributed by atoms with Gasteiger partial charge in [-0.3, -0.25) is 0 Å². The number of benzene rings is 4. The minimum absolute atomic E-state index is 0.170. The monoisotopic (exact) mass is 496 g/mol. The lowest BCUT2D eigenvalue weighted by atomic mass is 9.32. The highest BCUT2D eigenvalue weighted by Gasteiger charge is 2.69. The van der Waals surface area contributed by atoms with E-state index in [4.69, 9.17) is 0 Å². The molecule has 0 spiro atoms. The van der Waals surface area contributed by atoms with Gasteiger partial charge in [-0.2, -0.15) is 0 Å². The lowest BCUT2D eigenvalue weighted by Gasteiger charge is -2.71. The van der Waals surface area contributed by atoms with E-state index in [0.29, 0.717) is 0 Å². The zero-order valence-corrected chi connectivity index (χ0v) is 23.5. The minimum atomic E-state index is 0.170. The predicted molar refractivity (Wildman–Crippen MR) is 159 cm³/mol. The molecule has 0 amide bonds. The molecule has 4 bridgehead atoms. The van der Waals surface area contributed by atoms with E-state index in [-0.39, 0.29) is 21.7 Å². The average Bonchev–Trinajstić information content (AvgIpc) is 2.89. The van der Waals surface area contributed by atoms with Gasteiger partial charge in [0.1, 0.15) is 0 Å². The van der Waals surface area contributed by atoms with Crippen molar-refractivity contribution in [3.8, 4) is 0 Å². The lowest BCUT2D eigenvalue weighted by Crippen LogP contribution is -2.67. The summed E-state index contributed by atoms with van der Waals surface area (Å²) in [4.78, 5) is 0. The summed E-state index contributed by atoms with van der Waals surface area (Å²) in [6.45, 7) is 8.88. The molecular formula is C38H40. The van der Waals surface area contributed by atoms with E-state index in [1.165, 1.54) is 60.8 Å². The second-order valence-electron chi connectivity index (χ2n) is 13.6. The number of aryl methyl sites for hydroxylation is 4. The van der Waals surface area contributed by atoms with Crippen molar-refractivity contribution in [3.63, 3.8) is 0 Å². The summed E-state index contributed by atoms with van der Waals surface area (Å²) in [6, 6.07) is 38.6. The van der Waals surface area contributed by atoms with Crippen LogP contribution in [-0.4, -0.2) is 0 Å². The molecule has 4 saturated carbocycles. The Hall–Kier alpha value is -3.12. The van der Waals surface area contributed by atoms with Crippen LogP contribution in [0.4, 0.5) is 0 Å². The van der Waals surface area contributed by atoms with Crippen LogP contribution in [-0.2, 0) is 21.7 Å². The third-order valence-electron chi connectivity index (χ3n) is 10.7. The standard InChI is InChI=1S/C38H40/c1-27-5-13-31(14-6-27)35-21-36(32-15-7-28(2)8-16-32)24-37(22-35,33-17-9-29(3)10-18-33)26-38(23-35,25-36)34-19-11-30(4)12-20-34/h5-20H,21-26H2,1-4H3. The van der Waals surface area contributed by atoms with E-state index < -0.39 is 0 Å². The maximum Gasteiger partial charge on any atom is -0.00215 e. The van der Waals surface area contributed by atoms with Crippen molar-refractivity contribution in [1.29, 1.82) is 0 Å². The lowest BCUT2D eigenvalue weighted by molar-refractivity contribution is -0.0691. The Morgan fingerprint density at radius 1 is 0.289 bits per heavy atom. The van der Waals surface area contributed by atoms with Crippen LogP contribution in [0.25, 0.3) is 0 Å². The van der Waals surface area contributed by atoms with E-state index in [1.807, 2.05) is 0 Å². The second kappa shape index (κ2) is 8.19. The van der Waals surface area contributed by atoms with Gasteiger partial charge in [-0.1, -0.05) is 119 Å². The molecule has 0 heteroatoms. The Bertz CT molecular complexity index is 1200. The molecule has 0 atom stereocenters. The first-order valence-corrected chi connectivity index (χ1v) is 14.5. The molecule has 4 fully saturated rings. The Labute approximate surface area is 229 Å². The first kappa shape index (κ1) is 24.0. The largest absolute Gasteiger partial charge is 0.0590 e. The van der Waals surface area contributed by atoms with Crippen molar-refractivity contribution in [1.82, 2.24) is 0 Å². The van der Waals surface area contributed by atoms with Crippen LogP contribution in [0.15, 0.2) is 97.1 Å². The van der Waals surface area contributed by atoms with Gasteiger partial charge in [0, 0.05) is 0 Å². The first-order chi connectivity index (χ1) is 18.2. The summed E-state index contributed by atoms with van der Waals surface area (Å²) < 4.78 is 0. The van der Waals surface area contributed by atoms with Gasteiger partial charge < -0.3 is 0 Å². The van der Waals surface area contributed by atoms with Crippen LogP contribution >= 0.6 is 0 Å². The number of hydrogen-bond donors (Lipinski definition) is 0. The van der Waals surface area contributed by atoms with Gasteiger partial charge >= 0.3 is 0 Å². The molecule has 0 nitrogen and oxygen atoms in total. The molecule has 38 heavy (non-hydrogen) atoms. The van der Waals surface area contributed by atoms with Gasteiger partial charge in [0.25, 0.3) is 0 Å². The molecule has 0 aromatic heterocycles. The fourth-order valence-corrected chi connectivity index (χ4v) is 9.49. The van der Waals surface area contributed by atoms with Gasteiger partial charge in [0.05, 0.1) is 0 Å². The third-order valence-corrected chi connectivity index (χ3v) is 10.7. The summed E-state index contributed by atoms with van der Waals surface area (Å²) in [5, 5.41) is 0. The summed E-state index contributed by atoms with van der Waals surface area (Å²) >= 11 is 0. The van der Waals surface area contributed by atoms with Crippen LogP contribution in [0.5, 0.6) is 0 Å². The van der Waals surface area contributed by atoms with E-state index >= 15 is 0 Å². The summed E-state index contributed by atoms with van der Waals surface area (Å²) in [5.41, 5.74) is 12.3. The van der Waals surface area contributed by atoms with Gasteiger partial charge in [-0.25, -0.2) is 0 Å². The van der Waals surface area contributed by atoms with E-state index in [1.54, 1.807) is 22.3 Å². The predicted octanol–water partition coefficient (Wildman–Crippen LogP) is 9.35. The molecular weight excluding hydrogens is 456 g/mol. The molecule has 0 saturated heterocycles. The fourth-order valence-electron chi connectivity index (χ4n) is 9.49. The normalized spacial score (nSPS) is 31.5. The highest BCUT2D eigenvalue weighted by molar-refractivity contribution is 5.50. The van der Waals surface area contributed by atoms with Crippen molar-refractivity contribution in [3.05, 3.63) is 142 Å². The molecule has 4 aliphatic rings. The molecule has 192 valence electrons. The minimum Gasteiger partial charge on any atom is -0.0590 e.